The molecule has 0 spiro atoms. The Morgan fingerprint density at radius 1 is 1.28 bits per heavy atom. The van der Waals surface area contributed by atoms with Crippen LogP contribution in [0.5, 0.6) is 11.5 Å². The van der Waals surface area contributed by atoms with Crippen molar-refractivity contribution in [3.63, 3.8) is 0 Å². The Hall–Kier alpha value is -2.53. The third-order valence-corrected chi connectivity index (χ3v) is 4.07. The molecule has 2 aromatic rings. The molecule has 0 unspecified atom stereocenters. The van der Waals surface area contributed by atoms with Crippen molar-refractivity contribution in [1.82, 2.24) is 0 Å². The van der Waals surface area contributed by atoms with Gasteiger partial charge in [-0.1, -0.05) is 12.1 Å². The Balaban J connectivity index is 1.81. The number of rotatable bonds is 6. The zero-order valence-electron chi connectivity index (χ0n) is 14.8. The number of ether oxygens (including phenoxy) is 3. The second-order valence-corrected chi connectivity index (χ2v) is 6.11. The van der Waals surface area contributed by atoms with Crippen LogP contribution in [0.4, 0.5) is 5.69 Å². The highest BCUT2D eigenvalue weighted by Gasteiger charge is 2.22. The number of benzene rings is 2. The summed E-state index contributed by atoms with van der Waals surface area (Å²) in [5.74, 6) is 1.29. The first-order valence-corrected chi connectivity index (χ1v) is 8.46. The number of carbonyl (C=O) groups excluding carboxylic acids is 1. The van der Waals surface area contributed by atoms with E-state index in [1.165, 1.54) is 0 Å². The SMILES string of the molecule is CCOc1cc2c(cc1NC(=O)c1ccc(COC)cc1)O[C@H](C)C2. The van der Waals surface area contributed by atoms with Crippen LogP contribution in [0.25, 0.3) is 0 Å². The maximum Gasteiger partial charge on any atom is 0.255 e. The smallest absolute Gasteiger partial charge is 0.255 e. The Morgan fingerprint density at radius 3 is 2.72 bits per heavy atom. The summed E-state index contributed by atoms with van der Waals surface area (Å²) >= 11 is 0. The molecule has 5 nitrogen and oxygen atoms in total. The Morgan fingerprint density at radius 2 is 2.04 bits per heavy atom. The highest BCUT2D eigenvalue weighted by molar-refractivity contribution is 6.05. The van der Waals surface area contributed by atoms with Crippen molar-refractivity contribution in [2.75, 3.05) is 19.0 Å². The van der Waals surface area contributed by atoms with Gasteiger partial charge in [0, 0.05) is 30.7 Å². The molecular weight excluding hydrogens is 318 g/mol. The lowest BCUT2D eigenvalue weighted by molar-refractivity contribution is 0.102. The summed E-state index contributed by atoms with van der Waals surface area (Å²) in [6, 6.07) is 11.2. The summed E-state index contributed by atoms with van der Waals surface area (Å²) in [4.78, 5) is 12.6. The van der Waals surface area contributed by atoms with Crippen LogP contribution in [0.3, 0.4) is 0 Å². The quantitative estimate of drug-likeness (QED) is 0.868. The Kier molecular flexibility index (Phi) is 5.24. The highest BCUT2D eigenvalue weighted by Crippen LogP contribution is 2.38. The molecule has 5 heteroatoms. The van der Waals surface area contributed by atoms with Gasteiger partial charge in [0.2, 0.25) is 0 Å². The van der Waals surface area contributed by atoms with Gasteiger partial charge in [0.05, 0.1) is 18.9 Å². The first-order chi connectivity index (χ1) is 12.1. The van der Waals surface area contributed by atoms with Crippen molar-refractivity contribution in [1.29, 1.82) is 0 Å². The van der Waals surface area contributed by atoms with Crippen LogP contribution in [0, 0.1) is 0 Å². The molecule has 0 saturated heterocycles. The van der Waals surface area contributed by atoms with Gasteiger partial charge in [0.25, 0.3) is 5.91 Å². The predicted octanol–water partition coefficient (Wildman–Crippen LogP) is 3.81. The van der Waals surface area contributed by atoms with E-state index in [0.29, 0.717) is 30.2 Å². The fraction of sp³-hybridized carbons (Fsp3) is 0.350. The summed E-state index contributed by atoms with van der Waals surface area (Å²) in [7, 11) is 1.65. The lowest BCUT2D eigenvalue weighted by atomic mass is 10.1. The third kappa shape index (κ3) is 3.94. The van der Waals surface area contributed by atoms with Crippen molar-refractivity contribution in [3.8, 4) is 11.5 Å². The standard InChI is InChI=1S/C20H23NO4/c1-4-24-19-10-16-9-13(2)25-18(16)11-17(19)21-20(22)15-7-5-14(6-8-15)12-23-3/h5-8,10-11,13H,4,9,12H2,1-3H3,(H,21,22)/t13-/m1/s1. The van der Waals surface area contributed by atoms with Gasteiger partial charge in [0.1, 0.15) is 17.6 Å². The second-order valence-electron chi connectivity index (χ2n) is 6.11. The maximum absolute atomic E-state index is 12.6. The monoisotopic (exact) mass is 341 g/mol. The van der Waals surface area contributed by atoms with Crippen LogP contribution in [-0.2, 0) is 17.8 Å². The number of hydrogen-bond acceptors (Lipinski definition) is 4. The first kappa shape index (κ1) is 17.3. The molecule has 0 aromatic heterocycles. The summed E-state index contributed by atoms with van der Waals surface area (Å²) in [5.41, 5.74) is 3.34. The van der Waals surface area contributed by atoms with Crippen molar-refractivity contribution in [3.05, 3.63) is 53.1 Å². The number of anilines is 1. The van der Waals surface area contributed by atoms with E-state index in [-0.39, 0.29) is 12.0 Å². The molecule has 1 aliphatic heterocycles. The van der Waals surface area contributed by atoms with Crippen molar-refractivity contribution >= 4 is 11.6 Å². The summed E-state index contributed by atoms with van der Waals surface area (Å²) < 4.78 is 16.6. The highest BCUT2D eigenvalue weighted by atomic mass is 16.5. The van der Waals surface area contributed by atoms with Gasteiger partial charge >= 0.3 is 0 Å². The minimum atomic E-state index is -0.184. The fourth-order valence-corrected chi connectivity index (χ4v) is 2.93. The molecule has 132 valence electrons. The summed E-state index contributed by atoms with van der Waals surface area (Å²) in [6.45, 7) is 5.01. The van der Waals surface area contributed by atoms with E-state index >= 15 is 0 Å². The molecule has 2 aromatic carbocycles. The minimum absolute atomic E-state index is 0.142. The summed E-state index contributed by atoms with van der Waals surface area (Å²) in [6.07, 6.45) is 0.994. The van der Waals surface area contributed by atoms with Gasteiger partial charge in [-0.25, -0.2) is 0 Å². The summed E-state index contributed by atoms with van der Waals surface area (Å²) in [5, 5.41) is 2.93. The number of hydrogen-bond donors (Lipinski definition) is 1. The van der Waals surface area contributed by atoms with E-state index in [2.05, 4.69) is 5.32 Å². The van der Waals surface area contributed by atoms with Crippen LogP contribution in [0.1, 0.15) is 35.3 Å². The average molecular weight is 341 g/mol. The number of nitrogens with one attached hydrogen (secondary N) is 1. The van der Waals surface area contributed by atoms with Crippen molar-refractivity contribution < 1.29 is 19.0 Å². The fourth-order valence-electron chi connectivity index (χ4n) is 2.93. The van der Waals surface area contributed by atoms with Gasteiger partial charge in [-0.15, -0.1) is 0 Å². The van der Waals surface area contributed by atoms with Crippen LogP contribution < -0.4 is 14.8 Å². The van der Waals surface area contributed by atoms with Crippen LogP contribution in [-0.4, -0.2) is 25.7 Å². The van der Waals surface area contributed by atoms with Gasteiger partial charge in [0.15, 0.2) is 0 Å². The van der Waals surface area contributed by atoms with E-state index in [1.54, 1.807) is 19.2 Å². The first-order valence-electron chi connectivity index (χ1n) is 8.46. The maximum atomic E-state index is 12.6. The van der Waals surface area contributed by atoms with Gasteiger partial charge < -0.3 is 19.5 Å². The topological polar surface area (TPSA) is 56.8 Å². The normalized spacial score (nSPS) is 15.4. The van der Waals surface area contributed by atoms with Crippen LogP contribution in [0.15, 0.2) is 36.4 Å². The lowest BCUT2D eigenvalue weighted by Gasteiger charge is -2.14. The molecule has 1 atom stereocenters. The van der Waals surface area contributed by atoms with E-state index in [1.807, 2.05) is 38.1 Å². The molecule has 1 N–H and O–H groups in total. The largest absolute Gasteiger partial charge is 0.492 e. The predicted molar refractivity (Wildman–Crippen MR) is 96.5 cm³/mol. The van der Waals surface area contributed by atoms with E-state index in [4.69, 9.17) is 14.2 Å². The molecule has 25 heavy (non-hydrogen) atoms. The molecule has 1 aliphatic rings. The zero-order valence-corrected chi connectivity index (χ0v) is 14.8. The average Bonchev–Trinajstić information content (AvgIpc) is 2.95. The molecule has 0 aliphatic carbocycles. The number of amides is 1. The Bertz CT molecular complexity index is 755. The molecule has 1 amide bonds. The van der Waals surface area contributed by atoms with Crippen molar-refractivity contribution in [2.45, 2.75) is 33.0 Å². The number of carbonyl (C=O) groups is 1. The van der Waals surface area contributed by atoms with E-state index in [9.17, 15) is 4.79 Å². The van der Waals surface area contributed by atoms with Gasteiger partial charge in [-0.2, -0.15) is 0 Å². The molecule has 0 radical (unpaired) electrons. The van der Waals surface area contributed by atoms with Gasteiger partial charge in [-0.05, 0) is 37.6 Å². The van der Waals surface area contributed by atoms with Crippen molar-refractivity contribution in [2.24, 2.45) is 0 Å². The lowest BCUT2D eigenvalue weighted by Crippen LogP contribution is -2.13. The van der Waals surface area contributed by atoms with E-state index in [0.717, 1.165) is 23.3 Å². The van der Waals surface area contributed by atoms with Crippen LogP contribution >= 0.6 is 0 Å². The molecule has 0 fully saturated rings. The molecule has 0 bridgehead atoms. The minimum Gasteiger partial charge on any atom is -0.492 e. The van der Waals surface area contributed by atoms with E-state index < -0.39 is 0 Å². The van der Waals surface area contributed by atoms with Crippen LogP contribution in [0.2, 0.25) is 0 Å². The molecule has 1 heterocycles. The third-order valence-electron chi connectivity index (χ3n) is 4.07. The second kappa shape index (κ2) is 7.57. The zero-order chi connectivity index (χ0) is 17.8. The molecule has 0 saturated carbocycles. The van der Waals surface area contributed by atoms with Gasteiger partial charge in [-0.3, -0.25) is 4.79 Å². The Labute approximate surface area is 147 Å². The number of methoxy groups -OCH3 is 1. The number of fused-ring (bicyclic) bond motifs is 1. The molecule has 3 rings (SSSR count). The molecular formula is C20H23NO4.